The van der Waals surface area contributed by atoms with E-state index >= 15 is 4.79 Å². The summed E-state index contributed by atoms with van der Waals surface area (Å²) in [5.41, 5.74) is 20.7. The number of hydrogen-bond donors (Lipinski definition) is 4. The van der Waals surface area contributed by atoms with Crippen molar-refractivity contribution in [2.45, 2.75) is 75.0 Å². The number of nitrogens with one attached hydrogen (secondary N) is 2. The highest BCUT2D eigenvalue weighted by molar-refractivity contribution is 8.00. The zero-order valence-corrected chi connectivity index (χ0v) is 60.9. The number of rotatable bonds is 34. The fraction of sp³-hybridized carbons (Fsp3) is 0.167. The average molecular weight is 1480 g/mol. The van der Waals surface area contributed by atoms with Gasteiger partial charge in [-0.2, -0.15) is 0 Å². The van der Waals surface area contributed by atoms with Crippen LogP contribution in [-0.2, 0) is 29.1 Å². The fourth-order valence-electron chi connectivity index (χ4n) is 11.3. The molecule has 10 aromatic carbocycles. The van der Waals surface area contributed by atoms with E-state index in [1.165, 1.54) is 30.1 Å². The first-order valence-corrected chi connectivity index (χ1v) is 37.0. The second kappa shape index (κ2) is 35.5. The molecule has 0 aliphatic heterocycles. The Balaban J connectivity index is 0.791. The molecule has 0 saturated heterocycles. The zero-order valence-electron chi connectivity index (χ0n) is 58.3. The third-order valence-electron chi connectivity index (χ3n) is 17.1. The molecule has 22 heteroatoms. The summed E-state index contributed by atoms with van der Waals surface area (Å²) in [7, 11) is -0.460. The fourth-order valence-corrected chi connectivity index (χ4v) is 13.6. The van der Waals surface area contributed by atoms with Gasteiger partial charge in [0.1, 0.15) is 34.5 Å². The zero-order chi connectivity index (χ0) is 74.7. The van der Waals surface area contributed by atoms with Gasteiger partial charge in [-0.3, -0.25) is 9.52 Å². The van der Waals surface area contributed by atoms with Crippen molar-refractivity contribution in [3.63, 3.8) is 0 Å². The van der Waals surface area contributed by atoms with E-state index in [0.29, 0.717) is 77.7 Å². The molecule has 0 heterocycles. The van der Waals surface area contributed by atoms with Crippen LogP contribution < -0.4 is 49.3 Å². The molecule has 19 nitrogen and oxygen atoms in total. The molecule has 6 N–H and O–H groups in total. The van der Waals surface area contributed by atoms with Gasteiger partial charge >= 0.3 is 23.9 Å². The van der Waals surface area contributed by atoms with Crippen molar-refractivity contribution in [2.75, 3.05) is 47.3 Å². The molecule has 0 saturated carbocycles. The molecule has 0 bridgehead atoms. The van der Waals surface area contributed by atoms with Crippen LogP contribution in [0.5, 0.6) is 46.0 Å². The smallest absolute Gasteiger partial charge is 0.343 e. The number of hydrogen-bond acceptors (Lipinski definition) is 19. The minimum atomic E-state index is -4.37. The molecule has 540 valence electrons. The van der Waals surface area contributed by atoms with Crippen LogP contribution in [0.1, 0.15) is 110 Å². The molecule has 0 spiro atoms. The number of aryl methyl sites for hydroxylation is 2. The monoisotopic (exact) mass is 1480 g/mol. The largest absolute Gasteiger partial charge is 0.494 e. The number of nitrogen functional groups attached to an aromatic ring is 2. The Morgan fingerprint density at radius 1 is 0.453 bits per heavy atom. The van der Waals surface area contributed by atoms with Gasteiger partial charge in [0.05, 0.1) is 76.3 Å². The summed E-state index contributed by atoms with van der Waals surface area (Å²) in [5.74, 6) is 0.286. The molecule has 0 unspecified atom stereocenters. The summed E-state index contributed by atoms with van der Waals surface area (Å²) in [6.45, 7) is 12.3. The summed E-state index contributed by atoms with van der Waals surface area (Å²) in [4.78, 5) is 65.2. The number of anilines is 4. The van der Waals surface area contributed by atoms with Gasteiger partial charge in [0.2, 0.25) is 0 Å². The van der Waals surface area contributed by atoms with Crippen molar-refractivity contribution in [1.29, 1.82) is 0 Å². The first-order valence-electron chi connectivity index (χ1n) is 34.2. The lowest BCUT2D eigenvalue weighted by Crippen LogP contribution is -2.27. The van der Waals surface area contributed by atoms with Gasteiger partial charge in [0.25, 0.3) is 10.0 Å². The standard InChI is InChI=1S/C84H77N4O15PS2/c1-5-73(89)98-49-13-9-7-11-47-96-61-31-27-59(28-32-61)83(92)102-65-39-23-57(24-40-65)55-19-35-63(36-20-55)100-71-51-69(87-105-67-43-15-53(3)16-44-67)75-77(79(71)85)82(104)78-76(81(75)91)70(88-106(94,95)68-45-17-54(4)18-46-68)52-72(80(78)86)101-64-37-21-56(22-38-64)58-25-41-66(42-26-58)103-84(93)60-29-33-62(34-30-60)97-48-12-8-10-14-50-99-74(90)6-2/h5-6,15-46,51-52,87-88,104H,1-2,7-14,47-50,85-86H2,3-4H3. The predicted molar refractivity (Wildman–Crippen MR) is 416 cm³/mol. The molecule has 0 amide bonds. The second-order valence-corrected chi connectivity index (χ2v) is 27.8. The number of fused-ring (bicyclic) bond motifs is 2. The molecule has 106 heavy (non-hydrogen) atoms. The van der Waals surface area contributed by atoms with Gasteiger partial charge in [-0.05, 0) is 221 Å². The normalized spacial score (nSPS) is 11.5. The van der Waals surface area contributed by atoms with Gasteiger partial charge in [0.15, 0.2) is 17.3 Å². The van der Waals surface area contributed by atoms with E-state index < -0.39 is 39.7 Å². The average Bonchev–Trinajstić information content (AvgIpc) is 0.717. The van der Waals surface area contributed by atoms with Crippen LogP contribution in [0.15, 0.2) is 241 Å². The Morgan fingerprint density at radius 3 is 1.22 bits per heavy atom. The minimum Gasteiger partial charge on any atom is -0.494 e. The van der Waals surface area contributed by atoms with Gasteiger partial charge < -0.3 is 54.1 Å². The first kappa shape index (κ1) is 75.3. The maximum absolute atomic E-state index is 15.7. The highest BCUT2D eigenvalue weighted by Crippen LogP contribution is 2.49. The SMILES string of the molecule is C=CC(=O)OCCCCCCOc1ccc(C(=O)Oc2ccc(-c3ccc(Oc4cc(NSc5ccc(C)cc5)c5c(c4N)C(=P)c4c(N)c(Oc6ccc(-c7ccc(OC(=O)c8ccc(OCCCCCCOC(=O)C=C)cc8)cc7)cc6)cc(NS(=O)(=O)c6ccc(C)cc6)c4C5=O)cc3)cc2)cc1. The number of ketones is 1. The summed E-state index contributed by atoms with van der Waals surface area (Å²) in [5, 5.41) is 0.235. The van der Waals surface area contributed by atoms with E-state index in [1.54, 1.807) is 115 Å². The quantitative estimate of drug-likeness (QED) is 0.00555. The van der Waals surface area contributed by atoms with Gasteiger partial charge in [-0.15, -0.1) is 8.86 Å². The number of ether oxygens (including phenoxy) is 8. The lowest BCUT2D eigenvalue weighted by molar-refractivity contribution is -0.138. The van der Waals surface area contributed by atoms with Crippen LogP contribution in [-0.4, -0.2) is 69.8 Å². The van der Waals surface area contributed by atoms with Crippen LogP contribution >= 0.6 is 20.8 Å². The molecule has 0 fully saturated rings. The summed E-state index contributed by atoms with van der Waals surface area (Å²) in [6, 6.07) is 59.0. The first-order chi connectivity index (χ1) is 51.3. The lowest BCUT2D eigenvalue weighted by atomic mass is 9.81. The topological polar surface area (TPSA) is 269 Å². The van der Waals surface area contributed by atoms with E-state index in [0.717, 1.165) is 102 Å². The van der Waals surface area contributed by atoms with E-state index in [9.17, 15) is 27.6 Å². The van der Waals surface area contributed by atoms with Crippen LogP contribution in [0.3, 0.4) is 0 Å². The summed E-state index contributed by atoms with van der Waals surface area (Å²) < 4.78 is 81.3. The Labute approximate surface area is 621 Å². The maximum Gasteiger partial charge on any atom is 0.343 e. The predicted octanol–water partition coefficient (Wildman–Crippen LogP) is 18.3. The molecule has 1 aliphatic rings. The third-order valence-corrected chi connectivity index (χ3v) is 19.8. The number of esters is 4. The second-order valence-electron chi connectivity index (χ2n) is 24.7. The third kappa shape index (κ3) is 19.5. The van der Waals surface area contributed by atoms with Crippen LogP contribution in [0, 0.1) is 13.8 Å². The van der Waals surface area contributed by atoms with E-state index in [1.807, 2.05) is 86.6 Å². The number of nitrogens with two attached hydrogens (primary N) is 2. The number of benzene rings is 10. The number of carbonyl (C=O) groups is 5. The van der Waals surface area contributed by atoms with Crippen molar-refractivity contribution in [2.24, 2.45) is 0 Å². The van der Waals surface area contributed by atoms with Crippen molar-refractivity contribution < 1.29 is 70.3 Å². The van der Waals surface area contributed by atoms with Crippen LogP contribution in [0.25, 0.3) is 22.3 Å². The molecule has 0 radical (unpaired) electrons. The van der Waals surface area contributed by atoms with Crippen molar-refractivity contribution in [3.05, 3.63) is 276 Å². The molecule has 1 aliphatic carbocycles. The summed E-state index contributed by atoms with van der Waals surface area (Å²) in [6.07, 6.45) is 9.07. The number of unbranched alkanes of at least 4 members (excludes halogenated alkanes) is 6. The van der Waals surface area contributed by atoms with Crippen molar-refractivity contribution in [1.82, 2.24) is 0 Å². The number of carbonyl (C=O) groups excluding carboxylic acids is 5. The molecule has 0 atom stereocenters. The molecular weight excluding hydrogens is 1400 g/mol. The Morgan fingerprint density at radius 2 is 0.811 bits per heavy atom. The van der Waals surface area contributed by atoms with E-state index in [4.69, 9.17) is 49.4 Å². The Kier molecular flexibility index (Phi) is 25.2. The van der Waals surface area contributed by atoms with Crippen LogP contribution in [0.2, 0.25) is 0 Å². The van der Waals surface area contributed by atoms with Crippen molar-refractivity contribution >= 4 is 88.5 Å². The van der Waals surface area contributed by atoms with Crippen molar-refractivity contribution in [3.8, 4) is 68.2 Å². The highest BCUT2D eigenvalue weighted by atomic mass is 32.2. The Bertz CT molecular complexity index is 4980. The van der Waals surface area contributed by atoms with E-state index in [-0.39, 0.29) is 61.0 Å². The van der Waals surface area contributed by atoms with Gasteiger partial charge in [-0.25, -0.2) is 27.6 Å². The molecular formula is C84H77N4O15PS2. The summed E-state index contributed by atoms with van der Waals surface area (Å²) >= 11 is 1.24. The maximum atomic E-state index is 15.7. The van der Waals surface area contributed by atoms with Gasteiger partial charge in [0, 0.05) is 45.6 Å². The minimum absolute atomic E-state index is 0.00800. The Hall–Kier alpha value is -11.9. The lowest BCUT2D eigenvalue weighted by Gasteiger charge is -2.29. The van der Waals surface area contributed by atoms with Crippen LogP contribution in [0.4, 0.5) is 22.7 Å². The van der Waals surface area contributed by atoms with Gasteiger partial charge in [-0.1, -0.05) is 97.1 Å². The highest BCUT2D eigenvalue weighted by Gasteiger charge is 2.38. The van der Waals surface area contributed by atoms with E-state index in [2.05, 4.69) is 31.5 Å². The molecule has 0 aromatic heterocycles. The molecule has 10 aromatic rings. The molecule has 11 rings (SSSR count). The number of sulfonamides is 1.